The molecule has 0 saturated carbocycles. The van der Waals surface area contributed by atoms with Crippen LogP contribution in [0.2, 0.25) is 0 Å². The van der Waals surface area contributed by atoms with E-state index in [-0.39, 0.29) is 24.0 Å². The molecule has 0 aromatic rings. The van der Waals surface area contributed by atoms with Gasteiger partial charge in [0.2, 0.25) is 0 Å². The zero-order valence-electron chi connectivity index (χ0n) is 11.3. The summed E-state index contributed by atoms with van der Waals surface area (Å²) in [6.07, 6.45) is 7.38. The van der Waals surface area contributed by atoms with E-state index in [1.807, 2.05) is 0 Å². The number of hydrogen-bond donors (Lipinski definition) is 1. The van der Waals surface area contributed by atoms with Crippen molar-refractivity contribution in [2.75, 3.05) is 33.3 Å². The highest BCUT2D eigenvalue weighted by molar-refractivity contribution is 4.45. The van der Waals surface area contributed by atoms with Crippen LogP contribution in [0.1, 0.15) is 52.4 Å². The van der Waals surface area contributed by atoms with Gasteiger partial charge in [0.1, 0.15) is 0 Å². The summed E-state index contributed by atoms with van der Waals surface area (Å²) >= 11 is 0. The zero-order chi connectivity index (χ0) is 11.6. The molecule has 0 saturated heterocycles. The Kier molecular flexibility index (Phi) is 14.4. The summed E-state index contributed by atoms with van der Waals surface area (Å²) in [5.74, 6) is 0. The van der Waals surface area contributed by atoms with E-state index in [9.17, 15) is 0 Å². The fourth-order valence-electron chi connectivity index (χ4n) is 2.02. The highest BCUT2D eigenvalue weighted by atomic mass is 127. The normalized spacial score (nSPS) is 11.2. The van der Waals surface area contributed by atoms with Crippen molar-refractivity contribution < 1.29 is 33.6 Å². The molecule has 0 rings (SSSR count). The van der Waals surface area contributed by atoms with E-state index >= 15 is 0 Å². The molecular weight excluding hydrogens is 313 g/mol. The lowest BCUT2D eigenvalue weighted by Crippen LogP contribution is -3.00. The molecule has 1 N–H and O–H groups in total. The lowest BCUT2D eigenvalue weighted by molar-refractivity contribution is -0.910. The second-order valence-corrected chi connectivity index (χ2v) is 4.93. The van der Waals surface area contributed by atoms with E-state index in [4.69, 9.17) is 5.11 Å². The lowest BCUT2D eigenvalue weighted by atomic mass is 10.2. The van der Waals surface area contributed by atoms with E-state index < -0.39 is 0 Å². The fraction of sp³-hybridized carbons (Fsp3) is 1.00. The Bertz CT molecular complexity index is 134. The van der Waals surface area contributed by atoms with E-state index in [0.29, 0.717) is 6.61 Å². The van der Waals surface area contributed by atoms with Gasteiger partial charge in [0, 0.05) is 6.61 Å². The number of unbranched alkanes of at least 4 members (excludes halogenated alkanes) is 3. The van der Waals surface area contributed by atoms with Gasteiger partial charge in [-0.1, -0.05) is 26.7 Å². The van der Waals surface area contributed by atoms with Crippen molar-refractivity contribution in [1.82, 2.24) is 0 Å². The number of aliphatic hydroxyl groups excluding tert-OH is 1. The van der Waals surface area contributed by atoms with Crippen LogP contribution in [0.25, 0.3) is 0 Å². The van der Waals surface area contributed by atoms with Crippen molar-refractivity contribution in [3.05, 3.63) is 0 Å². The van der Waals surface area contributed by atoms with Crippen molar-refractivity contribution in [1.29, 1.82) is 0 Å². The van der Waals surface area contributed by atoms with Crippen LogP contribution in [0.15, 0.2) is 0 Å². The molecule has 16 heavy (non-hydrogen) atoms. The van der Waals surface area contributed by atoms with Gasteiger partial charge in [-0.05, 0) is 25.7 Å². The molecule has 100 valence electrons. The SMILES string of the molecule is CCCC[N+](C)(CCCC)CCCCO.[I-]. The van der Waals surface area contributed by atoms with Crippen LogP contribution in [0.5, 0.6) is 0 Å². The minimum absolute atomic E-state index is 0. The van der Waals surface area contributed by atoms with Crippen LogP contribution in [0.4, 0.5) is 0 Å². The third-order valence-corrected chi connectivity index (χ3v) is 3.21. The average Bonchev–Trinajstić information content (AvgIpc) is 2.24. The van der Waals surface area contributed by atoms with Crippen LogP contribution < -0.4 is 24.0 Å². The first-order valence-electron chi connectivity index (χ1n) is 6.63. The number of aliphatic hydroxyl groups is 1. The topological polar surface area (TPSA) is 20.2 Å². The molecule has 0 aliphatic rings. The van der Waals surface area contributed by atoms with Crippen molar-refractivity contribution in [3.8, 4) is 0 Å². The summed E-state index contributed by atoms with van der Waals surface area (Å²) in [5, 5.41) is 8.81. The number of halogens is 1. The molecule has 0 aliphatic heterocycles. The molecule has 0 heterocycles. The minimum Gasteiger partial charge on any atom is -1.00 e. The molecule has 0 radical (unpaired) electrons. The second kappa shape index (κ2) is 12.1. The van der Waals surface area contributed by atoms with Crippen LogP contribution in [-0.2, 0) is 0 Å². The molecule has 0 aromatic heterocycles. The number of rotatable bonds is 10. The van der Waals surface area contributed by atoms with E-state index in [2.05, 4.69) is 20.9 Å². The van der Waals surface area contributed by atoms with Crippen molar-refractivity contribution in [2.45, 2.75) is 52.4 Å². The second-order valence-electron chi connectivity index (χ2n) is 4.93. The first kappa shape index (κ1) is 19.0. The van der Waals surface area contributed by atoms with Crippen molar-refractivity contribution in [2.24, 2.45) is 0 Å². The smallest absolute Gasteiger partial charge is 0.0785 e. The molecule has 0 aliphatic carbocycles. The predicted molar refractivity (Wildman–Crippen MR) is 66.9 cm³/mol. The maximum Gasteiger partial charge on any atom is 0.0785 e. The van der Waals surface area contributed by atoms with Gasteiger partial charge in [-0.3, -0.25) is 0 Å². The maximum atomic E-state index is 8.81. The summed E-state index contributed by atoms with van der Waals surface area (Å²) in [7, 11) is 2.38. The molecule has 0 fully saturated rings. The Balaban J connectivity index is 0. The lowest BCUT2D eigenvalue weighted by Gasteiger charge is -2.34. The standard InChI is InChI=1S/C13H30NO.HI/c1-4-6-10-14(3,11-7-5-2)12-8-9-13-15;/h15H,4-13H2,1-3H3;1H/q+1;/p-1. The van der Waals surface area contributed by atoms with E-state index in [1.54, 1.807) is 0 Å². The van der Waals surface area contributed by atoms with Crippen LogP contribution in [0, 0.1) is 0 Å². The number of nitrogens with zero attached hydrogens (tertiary/aromatic N) is 1. The van der Waals surface area contributed by atoms with Gasteiger partial charge >= 0.3 is 0 Å². The summed E-state index contributed by atoms with van der Waals surface area (Å²) < 4.78 is 1.21. The molecule has 3 heteroatoms. The van der Waals surface area contributed by atoms with Crippen LogP contribution >= 0.6 is 0 Å². The third-order valence-electron chi connectivity index (χ3n) is 3.21. The minimum atomic E-state index is 0. The van der Waals surface area contributed by atoms with Gasteiger partial charge in [0.25, 0.3) is 0 Å². The average molecular weight is 343 g/mol. The molecule has 0 unspecified atom stereocenters. The molecule has 2 nitrogen and oxygen atoms in total. The Morgan fingerprint density at radius 3 is 1.62 bits per heavy atom. The summed E-state index contributed by atoms with van der Waals surface area (Å²) in [6.45, 7) is 8.72. The number of hydrogen-bond acceptors (Lipinski definition) is 1. The highest BCUT2D eigenvalue weighted by Crippen LogP contribution is 2.10. The van der Waals surface area contributed by atoms with Gasteiger partial charge in [0.15, 0.2) is 0 Å². The Labute approximate surface area is 119 Å². The van der Waals surface area contributed by atoms with E-state index in [1.165, 1.54) is 56.2 Å². The van der Waals surface area contributed by atoms with Gasteiger partial charge < -0.3 is 33.6 Å². The van der Waals surface area contributed by atoms with Crippen molar-refractivity contribution in [3.63, 3.8) is 0 Å². The largest absolute Gasteiger partial charge is 1.00 e. The van der Waals surface area contributed by atoms with Gasteiger partial charge in [-0.25, -0.2) is 0 Å². The zero-order valence-corrected chi connectivity index (χ0v) is 13.5. The van der Waals surface area contributed by atoms with Crippen LogP contribution in [-0.4, -0.2) is 42.9 Å². The summed E-state index contributed by atoms with van der Waals surface area (Å²) in [4.78, 5) is 0. The maximum absolute atomic E-state index is 8.81. The van der Waals surface area contributed by atoms with Crippen molar-refractivity contribution >= 4 is 0 Å². The molecule has 0 atom stereocenters. The van der Waals surface area contributed by atoms with Gasteiger partial charge in [0.05, 0.1) is 26.7 Å². The first-order valence-corrected chi connectivity index (χ1v) is 6.63. The Morgan fingerprint density at radius 1 is 0.812 bits per heavy atom. The first-order chi connectivity index (χ1) is 7.18. The monoisotopic (exact) mass is 343 g/mol. The molecule has 0 aromatic carbocycles. The fourth-order valence-corrected chi connectivity index (χ4v) is 2.02. The van der Waals surface area contributed by atoms with Crippen LogP contribution in [0.3, 0.4) is 0 Å². The Morgan fingerprint density at radius 2 is 1.25 bits per heavy atom. The quantitative estimate of drug-likeness (QED) is 0.331. The highest BCUT2D eigenvalue weighted by Gasteiger charge is 2.19. The van der Waals surface area contributed by atoms with E-state index in [0.717, 1.165) is 6.42 Å². The number of quaternary nitrogens is 1. The molecule has 0 amide bonds. The molecule has 0 spiro atoms. The van der Waals surface area contributed by atoms with Gasteiger partial charge in [-0.2, -0.15) is 0 Å². The molecular formula is C13H30INO. The molecule has 0 bridgehead atoms. The summed E-state index contributed by atoms with van der Waals surface area (Å²) in [5.41, 5.74) is 0. The Hall–Kier alpha value is 0.650. The third kappa shape index (κ3) is 9.85. The summed E-state index contributed by atoms with van der Waals surface area (Å²) in [6, 6.07) is 0. The van der Waals surface area contributed by atoms with Gasteiger partial charge in [-0.15, -0.1) is 0 Å². The predicted octanol–water partition coefficient (Wildman–Crippen LogP) is -0.190.